The fourth-order valence-electron chi connectivity index (χ4n) is 2.97. The van der Waals surface area contributed by atoms with Crippen molar-refractivity contribution in [3.8, 4) is 0 Å². The molecule has 0 saturated carbocycles. The van der Waals surface area contributed by atoms with Crippen molar-refractivity contribution in [1.29, 1.82) is 0 Å². The summed E-state index contributed by atoms with van der Waals surface area (Å²) in [5.74, 6) is 1.73. The average molecular weight is 343 g/mol. The zero-order chi connectivity index (χ0) is 16.9. The maximum absolute atomic E-state index is 12.2. The molecule has 23 heavy (non-hydrogen) atoms. The first-order valence-corrected chi connectivity index (χ1v) is 10.2. The second kappa shape index (κ2) is 12.8. The van der Waals surface area contributed by atoms with Crippen LogP contribution >= 0.6 is 11.8 Å². The molecule has 2 N–H and O–H groups in total. The van der Waals surface area contributed by atoms with E-state index in [2.05, 4.69) is 10.6 Å². The van der Waals surface area contributed by atoms with E-state index in [-0.39, 0.29) is 11.8 Å². The van der Waals surface area contributed by atoms with E-state index >= 15 is 0 Å². The Hall–Kier alpha value is -0.550. The number of nitrogens with one attached hydrogen (secondary N) is 2. The molecule has 0 spiro atoms. The second-order valence-corrected chi connectivity index (χ2v) is 7.98. The van der Waals surface area contributed by atoms with Crippen LogP contribution in [0, 0.1) is 5.92 Å². The zero-order valence-corrected chi connectivity index (χ0v) is 15.7. The molecule has 1 aliphatic rings. The van der Waals surface area contributed by atoms with Crippen molar-refractivity contribution in [1.82, 2.24) is 10.6 Å². The molecule has 0 aromatic rings. The van der Waals surface area contributed by atoms with Gasteiger partial charge in [-0.15, -0.1) is 0 Å². The number of ketones is 1. The van der Waals surface area contributed by atoms with Crippen LogP contribution < -0.4 is 10.6 Å². The zero-order valence-electron chi connectivity index (χ0n) is 14.9. The first-order valence-electron chi connectivity index (χ1n) is 9.16. The van der Waals surface area contributed by atoms with Gasteiger partial charge in [0.15, 0.2) is 0 Å². The summed E-state index contributed by atoms with van der Waals surface area (Å²) in [6.07, 6.45) is 9.71. The fourth-order valence-corrected chi connectivity index (χ4v) is 4.47. The summed E-state index contributed by atoms with van der Waals surface area (Å²) >= 11 is 1.96. The minimum absolute atomic E-state index is 0.208. The van der Waals surface area contributed by atoms with Crippen molar-refractivity contribution in [2.75, 3.05) is 25.9 Å². The summed E-state index contributed by atoms with van der Waals surface area (Å²) in [4.78, 5) is 23.0. The number of amides is 1. The second-order valence-electron chi connectivity index (χ2n) is 6.64. The highest BCUT2D eigenvalue weighted by Crippen LogP contribution is 2.34. The van der Waals surface area contributed by atoms with Gasteiger partial charge in [0.2, 0.25) is 5.91 Å². The van der Waals surface area contributed by atoms with Crippen LogP contribution in [0.5, 0.6) is 0 Å². The van der Waals surface area contributed by atoms with Gasteiger partial charge in [-0.25, -0.2) is 0 Å². The van der Waals surface area contributed by atoms with Gasteiger partial charge >= 0.3 is 0 Å². The first kappa shape index (κ1) is 20.5. The van der Waals surface area contributed by atoms with Gasteiger partial charge in [0.1, 0.15) is 5.78 Å². The predicted molar refractivity (Wildman–Crippen MR) is 98.9 cm³/mol. The van der Waals surface area contributed by atoms with Gasteiger partial charge in [0, 0.05) is 29.9 Å². The molecule has 0 radical (unpaired) electrons. The van der Waals surface area contributed by atoms with Gasteiger partial charge < -0.3 is 15.4 Å². The molecule has 1 aliphatic heterocycles. The number of carbonyl (C=O) groups is 2. The number of thioether (sulfide) groups is 1. The van der Waals surface area contributed by atoms with Crippen LogP contribution in [-0.2, 0) is 9.59 Å². The first-order chi connectivity index (χ1) is 11.1. The standard InChI is InChI=1S/C18H34N2O2S/c1-15(21)9-5-3-6-10-17-13-16(14-23-17)18(22)20-12-8-4-7-11-19-2/h16-17,19H,3-14H2,1-2H3,(H,20,22). The lowest BCUT2D eigenvalue weighted by Crippen LogP contribution is -2.31. The molecule has 2 unspecified atom stereocenters. The SMILES string of the molecule is CNCCCCCNC(=O)C1CSC(CCCCCC(C)=O)C1. The van der Waals surface area contributed by atoms with Crippen LogP contribution in [0.25, 0.3) is 0 Å². The largest absolute Gasteiger partial charge is 0.356 e. The molecular weight excluding hydrogens is 308 g/mol. The quantitative estimate of drug-likeness (QED) is 0.505. The Morgan fingerprint density at radius 2 is 1.78 bits per heavy atom. The molecule has 0 aromatic heterocycles. The van der Waals surface area contributed by atoms with E-state index in [4.69, 9.17) is 0 Å². The van der Waals surface area contributed by atoms with Crippen molar-refractivity contribution in [2.45, 2.75) is 70.0 Å². The van der Waals surface area contributed by atoms with E-state index in [9.17, 15) is 9.59 Å². The lowest BCUT2D eigenvalue weighted by atomic mass is 10.0. The lowest BCUT2D eigenvalue weighted by molar-refractivity contribution is -0.124. The fraction of sp³-hybridized carbons (Fsp3) is 0.889. The normalized spacial score (nSPS) is 20.6. The summed E-state index contributed by atoms with van der Waals surface area (Å²) in [6, 6.07) is 0. The highest BCUT2D eigenvalue weighted by atomic mass is 32.2. The summed E-state index contributed by atoms with van der Waals surface area (Å²) in [5.41, 5.74) is 0. The Labute approximate surface area is 145 Å². The molecule has 5 heteroatoms. The minimum Gasteiger partial charge on any atom is -0.356 e. The van der Waals surface area contributed by atoms with Crippen molar-refractivity contribution in [3.05, 3.63) is 0 Å². The third-order valence-corrected chi connectivity index (χ3v) is 5.90. The molecule has 1 fully saturated rings. The van der Waals surface area contributed by atoms with E-state index in [1.807, 2.05) is 18.8 Å². The number of unbranched alkanes of at least 4 members (excludes halogenated alkanes) is 4. The van der Waals surface area contributed by atoms with Gasteiger partial charge in [0.25, 0.3) is 0 Å². The maximum atomic E-state index is 12.2. The summed E-state index contributed by atoms with van der Waals surface area (Å²) in [5, 5.41) is 6.88. The molecule has 1 saturated heterocycles. The third-order valence-electron chi connectivity index (χ3n) is 4.41. The van der Waals surface area contributed by atoms with Crippen LogP contribution in [0.2, 0.25) is 0 Å². The Morgan fingerprint density at radius 3 is 2.52 bits per heavy atom. The highest BCUT2D eigenvalue weighted by Gasteiger charge is 2.29. The predicted octanol–water partition coefficient (Wildman–Crippen LogP) is 3.15. The smallest absolute Gasteiger partial charge is 0.223 e. The maximum Gasteiger partial charge on any atom is 0.223 e. The van der Waals surface area contributed by atoms with Crippen molar-refractivity contribution < 1.29 is 9.59 Å². The van der Waals surface area contributed by atoms with E-state index in [1.165, 1.54) is 25.7 Å². The molecular formula is C18H34N2O2S. The Morgan fingerprint density at radius 1 is 1.04 bits per heavy atom. The molecule has 1 rings (SSSR count). The van der Waals surface area contributed by atoms with Gasteiger partial charge in [-0.1, -0.05) is 19.3 Å². The van der Waals surface area contributed by atoms with Gasteiger partial charge in [-0.05, 0) is 52.6 Å². The molecule has 2 atom stereocenters. The molecule has 1 amide bonds. The molecule has 0 bridgehead atoms. The Kier molecular flexibility index (Phi) is 11.4. The summed E-state index contributed by atoms with van der Waals surface area (Å²) in [7, 11) is 1.97. The number of carbonyl (C=O) groups excluding carboxylic acids is 2. The highest BCUT2D eigenvalue weighted by molar-refractivity contribution is 8.00. The number of Topliss-reactive ketones (excluding diaryl/α,β-unsaturated/α-hetero) is 1. The Bertz CT molecular complexity index is 350. The van der Waals surface area contributed by atoms with Crippen LogP contribution in [-0.4, -0.2) is 42.8 Å². The molecule has 4 nitrogen and oxygen atoms in total. The molecule has 0 aliphatic carbocycles. The van der Waals surface area contributed by atoms with E-state index in [1.54, 1.807) is 6.92 Å². The van der Waals surface area contributed by atoms with Crippen molar-refractivity contribution in [2.24, 2.45) is 5.92 Å². The number of hydrogen-bond donors (Lipinski definition) is 2. The topological polar surface area (TPSA) is 58.2 Å². The average Bonchev–Trinajstić information content (AvgIpc) is 2.99. The molecule has 134 valence electrons. The van der Waals surface area contributed by atoms with E-state index in [0.717, 1.165) is 50.9 Å². The molecule has 1 heterocycles. The minimum atomic E-state index is 0.208. The van der Waals surface area contributed by atoms with Crippen molar-refractivity contribution in [3.63, 3.8) is 0 Å². The van der Waals surface area contributed by atoms with Crippen molar-refractivity contribution >= 4 is 23.5 Å². The van der Waals surface area contributed by atoms with Gasteiger partial charge in [-0.2, -0.15) is 11.8 Å². The van der Waals surface area contributed by atoms with Crippen LogP contribution in [0.15, 0.2) is 0 Å². The van der Waals surface area contributed by atoms with Crippen LogP contribution in [0.3, 0.4) is 0 Å². The third kappa shape index (κ3) is 10.0. The van der Waals surface area contributed by atoms with Crippen LogP contribution in [0.1, 0.15) is 64.7 Å². The monoisotopic (exact) mass is 342 g/mol. The van der Waals surface area contributed by atoms with E-state index < -0.39 is 0 Å². The van der Waals surface area contributed by atoms with Gasteiger partial charge in [-0.3, -0.25) is 4.79 Å². The summed E-state index contributed by atoms with van der Waals surface area (Å²) < 4.78 is 0. The summed E-state index contributed by atoms with van der Waals surface area (Å²) in [6.45, 7) is 3.54. The number of hydrogen-bond acceptors (Lipinski definition) is 4. The van der Waals surface area contributed by atoms with Gasteiger partial charge in [0.05, 0.1) is 0 Å². The Balaban J connectivity index is 2.02. The lowest BCUT2D eigenvalue weighted by Gasteiger charge is -2.11. The number of rotatable bonds is 13. The van der Waals surface area contributed by atoms with E-state index in [0.29, 0.717) is 11.0 Å². The van der Waals surface area contributed by atoms with Crippen LogP contribution in [0.4, 0.5) is 0 Å². The molecule has 0 aromatic carbocycles.